The third-order valence-electron chi connectivity index (χ3n) is 2.66. The summed E-state index contributed by atoms with van der Waals surface area (Å²) in [5.74, 6) is 1.70. The second kappa shape index (κ2) is 6.71. The average Bonchev–Trinajstić information content (AvgIpc) is 2.82. The van der Waals surface area contributed by atoms with Crippen LogP contribution in [0.2, 0.25) is 0 Å². The van der Waals surface area contributed by atoms with Crippen molar-refractivity contribution in [2.24, 2.45) is 12.8 Å². The van der Waals surface area contributed by atoms with Crippen LogP contribution in [0.1, 0.15) is 18.3 Å². The molecule has 0 bridgehead atoms. The first-order chi connectivity index (χ1) is 9.61. The minimum absolute atomic E-state index is 0.401. The first-order valence-corrected chi connectivity index (χ1v) is 7.65. The van der Waals surface area contributed by atoms with Gasteiger partial charge in [0.2, 0.25) is 0 Å². The standard InChI is InChI=1S/C13H17N5S2/c1-3-20-10-6-4-5-9(12(10)13(14)19)15-7-11-16-8-18(2)17-11/h4-6,8,15H,3,7H2,1-2H3,(H2,14,19). The highest BCUT2D eigenvalue weighted by Gasteiger charge is 2.11. The number of hydrogen-bond acceptors (Lipinski definition) is 5. The molecule has 3 N–H and O–H groups in total. The Balaban J connectivity index is 2.22. The Morgan fingerprint density at radius 2 is 2.30 bits per heavy atom. The first kappa shape index (κ1) is 14.8. The lowest BCUT2D eigenvalue weighted by Gasteiger charge is -2.14. The van der Waals surface area contributed by atoms with E-state index in [0.717, 1.165) is 27.7 Å². The second-order valence-electron chi connectivity index (χ2n) is 4.16. The summed E-state index contributed by atoms with van der Waals surface area (Å²) in [6, 6.07) is 6.00. The molecule has 0 saturated carbocycles. The van der Waals surface area contributed by atoms with Crippen molar-refractivity contribution in [2.45, 2.75) is 18.4 Å². The molecular weight excluding hydrogens is 290 g/mol. The highest BCUT2D eigenvalue weighted by atomic mass is 32.2. The molecule has 0 aliphatic heterocycles. The summed E-state index contributed by atoms with van der Waals surface area (Å²) in [5.41, 5.74) is 7.68. The Labute approximate surface area is 128 Å². The van der Waals surface area contributed by atoms with Gasteiger partial charge in [0.15, 0.2) is 5.82 Å². The quantitative estimate of drug-likeness (QED) is 0.630. The van der Waals surface area contributed by atoms with E-state index in [-0.39, 0.29) is 0 Å². The van der Waals surface area contributed by atoms with E-state index in [9.17, 15) is 0 Å². The number of aromatic nitrogens is 3. The van der Waals surface area contributed by atoms with Gasteiger partial charge in [-0.25, -0.2) is 4.98 Å². The molecule has 2 rings (SSSR count). The Bertz CT molecular complexity index is 609. The zero-order valence-electron chi connectivity index (χ0n) is 11.5. The van der Waals surface area contributed by atoms with Gasteiger partial charge in [0.1, 0.15) is 11.3 Å². The fourth-order valence-electron chi connectivity index (χ4n) is 1.85. The molecule has 0 radical (unpaired) electrons. The number of thiocarbonyl (C=S) groups is 1. The van der Waals surface area contributed by atoms with Crippen LogP contribution < -0.4 is 11.1 Å². The van der Waals surface area contributed by atoms with Crippen LogP contribution in [0.3, 0.4) is 0 Å². The largest absolute Gasteiger partial charge is 0.389 e. The van der Waals surface area contributed by atoms with Crippen molar-refractivity contribution in [2.75, 3.05) is 11.1 Å². The van der Waals surface area contributed by atoms with E-state index < -0.39 is 0 Å². The molecule has 2 aromatic rings. The van der Waals surface area contributed by atoms with Gasteiger partial charge in [0.05, 0.1) is 6.54 Å². The molecule has 1 aromatic carbocycles. The normalized spacial score (nSPS) is 10.5. The topological polar surface area (TPSA) is 68.8 Å². The number of nitrogens with two attached hydrogens (primary N) is 1. The van der Waals surface area contributed by atoms with Crippen LogP contribution in [-0.2, 0) is 13.6 Å². The number of nitrogens with zero attached hydrogens (tertiary/aromatic N) is 3. The third kappa shape index (κ3) is 3.49. The highest BCUT2D eigenvalue weighted by molar-refractivity contribution is 7.99. The van der Waals surface area contributed by atoms with E-state index in [0.29, 0.717) is 11.5 Å². The minimum Gasteiger partial charge on any atom is -0.389 e. The molecule has 0 atom stereocenters. The number of thioether (sulfide) groups is 1. The molecule has 0 amide bonds. The van der Waals surface area contributed by atoms with Crippen LogP contribution in [-0.4, -0.2) is 25.5 Å². The van der Waals surface area contributed by atoms with Crippen LogP contribution >= 0.6 is 24.0 Å². The number of nitrogens with one attached hydrogen (secondary N) is 1. The van der Waals surface area contributed by atoms with Crippen LogP contribution in [0, 0.1) is 0 Å². The minimum atomic E-state index is 0.401. The molecule has 0 saturated heterocycles. The van der Waals surface area contributed by atoms with E-state index in [1.807, 2.05) is 25.2 Å². The molecule has 0 fully saturated rings. The Kier molecular flexibility index (Phi) is 4.97. The Hall–Kier alpha value is -1.60. The van der Waals surface area contributed by atoms with Gasteiger partial charge in [0, 0.05) is 23.2 Å². The summed E-state index contributed by atoms with van der Waals surface area (Å²) in [5, 5.41) is 7.54. The van der Waals surface area contributed by atoms with Crippen LogP contribution in [0.5, 0.6) is 0 Å². The lowest BCUT2D eigenvalue weighted by Crippen LogP contribution is -2.15. The van der Waals surface area contributed by atoms with Crippen molar-refractivity contribution >= 4 is 34.7 Å². The molecule has 5 nitrogen and oxygen atoms in total. The van der Waals surface area contributed by atoms with E-state index in [2.05, 4.69) is 22.3 Å². The first-order valence-electron chi connectivity index (χ1n) is 6.25. The Morgan fingerprint density at radius 3 is 2.90 bits per heavy atom. The van der Waals surface area contributed by atoms with Crippen molar-refractivity contribution in [3.8, 4) is 0 Å². The zero-order chi connectivity index (χ0) is 14.5. The summed E-state index contributed by atoms with van der Waals surface area (Å²) < 4.78 is 1.68. The molecule has 0 aliphatic rings. The monoisotopic (exact) mass is 307 g/mol. The molecule has 0 aliphatic carbocycles. The number of hydrogen-bond donors (Lipinski definition) is 2. The molecule has 1 aromatic heterocycles. The van der Waals surface area contributed by atoms with Gasteiger partial charge in [0.25, 0.3) is 0 Å². The number of anilines is 1. The fourth-order valence-corrected chi connectivity index (χ4v) is 2.98. The molecule has 0 spiro atoms. The van der Waals surface area contributed by atoms with Crippen molar-refractivity contribution < 1.29 is 0 Å². The van der Waals surface area contributed by atoms with E-state index in [1.54, 1.807) is 22.8 Å². The molecule has 7 heteroatoms. The number of aryl methyl sites for hydroxylation is 1. The predicted octanol–water partition coefficient (Wildman–Crippen LogP) is 2.17. The highest BCUT2D eigenvalue weighted by Crippen LogP contribution is 2.28. The number of benzene rings is 1. The smallest absolute Gasteiger partial charge is 0.169 e. The average molecular weight is 307 g/mol. The zero-order valence-corrected chi connectivity index (χ0v) is 13.1. The van der Waals surface area contributed by atoms with Crippen LogP contribution in [0.4, 0.5) is 5.69 Å². The Morgan fingerprint density at radius 1 is 1.50 bits per heavy atom. The van der Waals surface area contributed by atoms with Gasteiger partial charge in [-0.2, -0.15) is 5.10 Å². The van der Waals surface area contributed by atoms with E-state index in [4.69, 9.17) is 18.0 Å². The molecule has 0 unspecified atom stereocenters. The summed E-state index contributed by atoms with van der Waals surface area (Å²) in [4.78, 5) is 5.68. The van der Waals surface area contributed by atoms with Crippen molar-refractivity contribution in [3.05, 3.63) is 35.9 Å². The predicted molar refractivity (Wildman–Crippen MR) is 87.1 cm³/mol. The van der Waals surface area contributed by atoms with Crippen molar-refractivity contribution in [1.29, 1.82) is 0 Å². The van der Waals surface area contributed by atoms with Gasteiger partial charge in [-0.1, -0.05) is 25.2 Å². The maximum absolute atomic E-state index is 5.86. The number of rotatable bonds is 6. The summed E-state index contributed by atoms with van der Waals surface area (Å²) in [6.07, 6.45) is 1.68. The lowest BCUT2D eigenvalue weighted by atomic mass is 10.1. The molecule has 20 heavy (non-hydrogen) atoms. The fraction of sp³-hybridized carbons (Fsp3) is 0.308. The summed E-state index contributed by atoms with van der Waals surface area (Å²) >= 11 is 6.90. The maximum Gasteiger partial charge on any atom is 0.169 e. The van der Waals surface area contributed by atoms with Gasteiger partial charge in [-0.15, -0.1) is 11.8 Å². The van der Waals surface area contributed by atoms with Gasteiger partial charge in [-0.05, 0) is 17.9 Å². The molecule has 1 heterocycles. The van der Waals surface area contributed by atoms with Gasteiger partial charge in [-0.3, -0.25) is 4.68 Å². The SMILES string of the molecule is CCSc1cccc(NCc2ncn(C)n2)c1C(N)=S. The lowest BCUT2D eigenvalue weighted by molar-refractivity contribution is 0.747. The van der Waals surface area contributed by atoms with Crippen molar-refractivity contribution in [1.82, 2.24) is 14.8 Å². The van der Waals surface area contributed by atoms with Gasteiger partial charge >= 0.3 is 0 Å². The second-order valence-corrected chi connectivity index (χ2v) is 5.91. The van der Waals surface area contributed by atoms with Crippen LogP contribution in [0.15, 0.2) is 29.4 Å². The molecule has 106 valence electrons. The van der Waals surface area contributed by atoms with Crippen molar-refractivity contribution in [3.63, 3.8) is 0 Å². The van der Waals surface area contributed by atoms with E-state index in [1.165, 1.54) is 0 Å². The third-order valence-corrected chi connectivity index (χ3v) is 3.80. The summed E-state index contributed by atoms with van der Waals surface area (Å²) in [7, 11) is 1.84. The van der Waals surface area contributed by atoms with Gasteiger partial charge < -0.3 is 11.1 Å². The van der Waals surface area contributed by atoms with E-state index >= 15 is 0 Å². The summed E-state index contributed by atoms with van der Waals surface area (Å²) in [6.45, 7) is 2.64. The molecular formula is C13H17N5S2. The maximum atomic E-state index is 5.86. The van der Waals surface area contributed by atoms with Crippen LogP contribution in [0.25, 0.3) is 0 Å².